The van der Waals surface area contributed by atoms with E-state index in [1.165, 1.54) is 6.42 Å². The van der Waals surface area contributed by atoms with Crippen molar-refractivity contribution in [3.8, 4) is 0 Å². The third-order valence-corrected chi connectivity index (χ3v) is 5.59. The Morgan fingerprint density at radius 1 is 1.30 bits per heavy atom. The van der Waals surface area contributed by atoms with E-state index in [1.807, 2.05) is 4.98 Å². The quantitative estimate of drug-likeness (QED) is 0.327. The van der Waals surface area contributed by atoms with Gasteiger partial charge in [0.1, 0.15) is 18.9 Å². The van der Waals surface area contributed by atoms with Gasteiger partial charge in [-0.05, 0) is 6.42 Å². The monoisotopic (exact) mass is 448 g/mol. The summed E-state index contributed by atoms with van der Waals surface area (Å²) in [6.45, 7) is 2.16. The van der Waals surface area contributed by atoms with Gasteiger partial charge in [-0.1, -0.05) is 32.6 Å². The molecule has 0 amide bonds. The van der Waals surface area contributed by atoms with Crippen LogP contribution < -0.4 is 11.2 Å². The molecule has 10 nitrogen and oxygen atoms in total. The Bertz CT molecular complexity index is 831. The number of hydrogen-bond acceptors (Lipinski definition) is 8. The molecule has 0 aliphatic carbocycles. The van der Waals surface area contributed by atoms with Gasteiger partial charge in [-0.25, -0.2) is 9.59 Å². The number of hydrogen-bond donors (Lipinski definition) is 1. The average molecular weight is 448 g/mol. The summed E-state index contributed by atoms with van der Waals surface area (Å²) in [6, 6.07) is 0. The minimum absolute atomic E-state index is 0.231. The van der Waals surface area contributed by atoms with E-state index in [1.54, 1.807) is 0 Å². The van der Waals surface area contributed by atoms with Crippen molar-refractivity contribution in [1.29, 1.82) is 0 Å². The number of carbonyl (C=O) groups is 1. The maximum Gasteiger partial charge on any atom is 0.332 e. The molecule has 0 saturated carbocycles. The van der Waals surface area contributed by atoms with Gasteiger partial charge in [0, 0.05) is 6.42 Å². The van der Waals surface area contributed by atoms with Crippen LogP contribution in [0.2, 0.25) is 0 Å². The highest BCUT2D eigenvalue weighted by molar-refractivity contribution is 7.26. The van der Waals surface area contributed by atoms with Gasteiger partial charge in [0.15, 0.2) is 15.3 Å². The van der Waals surface area contributed by atoms with Crippen LogP contribution in [0.25, 0.3) is 0 Å². The molecule has 0 aromatic carbocycles. The number of nitrogens with zero attached hydrogens (tertiary/aromatic N) is 1. The van der Waals surface area contributed by atoms with E-state index in [4.69, 9.17) is 23.3 Å². The van der Waals surface area contributed by atoms with Gasteiger partial charge < -0.3 is 23.3 Å². The summed E-state index contributed by atoms with van der Waals surface area (Å²) in [6.07, 6.45) is 3.31. The minimum Gasteiger partial charge on any atom is -0.464 e. The fraction of sp³-hybridized carbons (Fsp3) is 0.722. The Kier molecular flexibility index (Phi) is 8.52. The summed E-state index contributed by atoms with van der Waals surface area (Å²) in [4.78, 5) is 36.9. The summed E-state index contributed by atoms with van der Waals surface area (Å²) in [5.41, 5.74) is -1.90. The van der Waals surface area contributed by atoms with Gasteiger partial charge >= 0.3 is 11.7 Å². The fourth-order valence-electron chi connectivity index (χ4n) is 3.28. The van der Waals surface area contributed by atoms with Crippen LogP contribution >= 0.6 is 9.03 Å². The van der Waals surface area contributed by atoms with Crippen LogP contribution in [0.1, 0.15) is 51.7 Å². The topological polar surface area (TPSA) is 118 Å². The molecule has 12 heteroatoms. The highest BCUT2D eigenvalue weighted by Crippen LogP contribution is 2.42. The van der Waals surface area contributed by atoms with Crippen LogP contribution in [0.15, 0.2) is 15.8 Å². The van der Waals surface area contributed by atoms with Gasteiger partial charge in [-0.3, -0.25) is 14.3 Å². The lowest BCUT2D eigenvalue weighted by molar-refractivity contribution is -0.201. The highest BCUT2D eigenvalue weighted by Gasteiger charge is 2.46. The second-order valence-corrected chi connectivity index (χ2v) is 7.74. The first-order valence-electron chi connectivity index (χ1n) is 9.99. The fourth-order valence-corrected chi connectivity index (χ4v) is 3.99. The number of aromatic amines is 1. The molecule has 0 spiro atoms. The number of ether oxygens (including phenoxy) is 3. The number of aromatic nitrogens is 2. The van der Waals surface area contributed by atoms with Gasteiger partial charge in [0.25, 0.3) is 5.56 Å². The van der Waals surface area contributed by atoms with Gasteiger partial charge in [0.05, 0.1) is 18.9 Å². The predicted molar refractivity (Wildman–Crippen MR) is 104 cm³/mol. The van der Waals surface area contributed by atoms with E-state index < -0.39 is 47.8 Å². The Hall–Kier alpha value is -1.65. The van der Waals surface area contributed by atoms with Crippen molar-refractivity contribution in [3.05, 3.63) is 32.9 Å². The number of H-pyrrole nitrogens is 1. The first-order chi connectivity index (χ1) is 14.5. The van der Waals surface area contributed by atoms with E-state index in [2.05, 4.69) is 6.92 Å². The summed E-state index contributed by atoms with van der Waals surface area (Å²) >= 11 is 0. The minimum atomic E-state index is -1.10. The molecule has 0 radical (unpaired) electrons. The number of rotatable bonds is 10. The molecule has 2 aliphatic rings. The second kappa shape index (κ2) is 11.1. The van der Waals surface area contributed by atoms with Crippen LogP contribution in [0, 0.1) is 5.82 Å². The molecule has 1 aromatic heterocycles. The molecule has 2 aliphatic heterocycles. The van der Waals surface area contributed by atoms with E-state index in [0.29, 0.717) is 6.61 Å². The largest absolute Gasteiger partial charge is 0.464 e. The van der Waals surface area contributed by atoms with Gasteiger partial charge in [-0.15, -0.1) is 0 Å². The zero-order chi connectivity index (χ0) is 21.5. The average Bonchev–Trinajstić information content (AvgIpc) is 3.16. The van der Waals surface area contributed by atoms with Crippen LogP contribution in [-0.4, -0.2) is 47.2 Å². The van der Waals surface area contributed by atoms with Crippen molar-refractivity contribution in [2.45, 2.75) is 70.2 Å². The van der Waals surface area contributed by atoms with Gasteiger partial charge in [0.2, 0.25) is 5.82 Å². The molecule has 2 fully saturated rings. The molecule has 0 bridgehead atoms. The molecule has 3 heterocycles. The maximum absolute atomic E-state index is 13.6. The molecular weight excluding hydrogens is 422 g/mol. The zero-order valence-corrected chi connectivity index (χ0v) is 17.6. The molecule has 2 saturated heterocycles. The normalized spacial score (nSPS) is 26.6. The number of carbonyl (C=O) groups excluding carboxylic acids is 1. The van der Waals surface area contributed by atoms with Crippen molar-refractivity contribution >= 4 is 15.0 Å². The van der Waals surface area contributed by atoms with Crippen molar-refractivity contribution in [2.75, 3.05) is 13.2 Å². The summed E-state index contributed by atoms with van der Waals surface area (Å²) in [7, 11) is -0.337. The summed E-state index contributed by atoms with van der Waals surface area (Å²) in [5.74, 6) is -1.61. The van der Waals surface area contributed by atoms with E-state index in [9.17, 15) is 18.8 Å². The SMILES string of the molecule is CCCCCCCOC(=O)COC1OPO[C@H]2C[C@H](n3cc(F)c(=O)[nH]c3=O)O[C@@H]12. The zero-order valence-electron chi connectivity index (χ0n) is 16.6. The van der Waals surface area contributed by atoms with Crippen LogP contribution in [-0.2, 0) is 28.1 Å². The summed E-state index contributed by atoms with van der Waals surface area (Å²) < 4.78 is 41.8. The van der Waals surface area contributed by atoms with Gasteiger partial charge in [-0.2, -0.15) is 4.39 Å². The number of fused-ring (bicyclic) bond motifs is 1. The van der Waals surface area contributed by atoms with Crippen molar-refractivity contribution in [2.24, 2.45) is 0 Å². The second-order valence-electron chi connectivity index (χ2n) is 7.11. The Morgan fingerprint density at radius 3 is 2.90 bits per heavy atom. The first-order valence-corrected chi connectivity index (χ1v) is 10.8. The maximum atomic E-state index is 13.6. The van der Waals surface area contributed by atoms with E-state index in [0.717, 1.165) is 36.4 Å². The molecule has 168 valence electrons. The lowest BCUT2D eigenvalue weighted by atomic mass is 10.1. The van der Waals surface area contributed by atoms with Crippen molar-refractivity contribution < 1.29 is 32.4 Å². The number of halogens is 1. The molecular formula is C18H26FN2O8P. The molecule has 3 rings (SSSR count). The van der Waals surface area contributed by atoms with E-state index in [-0.39, 0.29) is 22.1 Å². The lowest BCUT2D eigenvalue weighted by Gasteiger charge is -2.31. The van der Waals surface area contributed by atoms with Crippen LogP contribution in [0.3, 0.4) is 0 Å². The van der Waals surface area contributed by atoms with Crippen LogP contribution in [0.5, 0.6) is 0 Å². The Labute approximate surface area is 173 Å². The Balaban J connectivity index is 1.49. The van der Waals surface area contributed by atoms with Crippen molar-refractivity contribution in [1.82, 2.24) is 9.55 Å². The summed E-state index contributed by atoms with van der Waals surface area (Å²) in [5, 5.41) is 0. The smallest absolute Gasteiger partial charge is 0.332 e. The van der Waals surface area contributed by atoms with Crippen LogP contribution in [0.4, 0.5) is 4.39 Å². The molecule has 1 aromatic rings. The Morgan fingerprint density at radius 2 is 2.10 bits per heavy atom. The molecule has 5 atom stereocenters. The standard InChI is InChI=1S/C18H26FN2O8P/c1-2-3-4-5-6-7-25-14(22)10-26-17-15-12(28-30-29-17)8-13(27-15)21-9-11(19)16(23)20-18(21)24/h9,12-13,15,17,30H,2-8,10H2,1H3,(H,20,23,24)/t12-,13+,15+,17?/m0/s1. The third-order valence-electron chi connectivity index (χ3n) is 4.86. The molecule has 1 N–H and O–H groups in total. The molecule has 30 heavy (non-hydrogen) atoms. The predicted octanol–water partition coefficient (Wildman–Crippen LogP) is 1.74. The lowest BCUT2D eigenvalue weighted by Crippen LogP contribution is -2.42. The molecule has 2 unspecified atom stereocenters. The number of nitrogens with one attached hydrogen (secondary N) is 1. The number of esters is 1. The first kappa shape index (κ1) is 23.0. The third kappa shape index (κ3) is 5.95. The highest BCUT2D eigenvalue weighted by atomic mass is 31.1. The van der Waals surface area contributed by atoms with E-state index >= 15 is 0 Å². The number of unbranched alkanes of at least 4 members (excludes halogenated alkanes) is 4. The van der Waals surface area contributed by atoms with Crippen molar-refractivity contribution in [3.63, 3.8) is 0 Å².